The number of carbonyl (C=O) groups excluding carboxylic acids is 2. The average Bonchev–Trinajstić information content (AvgIpc) is 2.74. The number of hydrogen-bond acceptors (Lipinski definition) is 3. The predicted octanol–water partition coefficient (Wildman–Crippen LogP) is 0.545. The minimum atomic E-state index is -0.443. The van der Waals surface area contributed by atoms with E-state index in [1.54, 1.807) is 6.92 Å². The van der Waals surface area contributed by atoms with Crippen LogP contribution in [-0.2, 0) is 17.8 Å². The Hall–Kier alpha value is -1.40. The molecule has 2 rings (SSSR count). The minimum absolute atomic E-state index is 0.0841. The van der Waals surface area contributed by atoms with E-state index < -0.39 is 5.91 Å². The van der Waals surface area contributed by atoms with Gasteiger partial charge in [0, 0.05) is 12.8 Å². The zero-order valence-electron chi connectivity index (χ0n) is 12.2. The predicted molar refractivity (Wildman–Crippen MR) is 80.1 cm³/mol. The molecule has 5 nitrogen and oxygen atoms in total. The van der Waals surface area contributed by atoms with Crippen LogP contribution in [0.4, 0.5) is 5.00 Å². The van der Waals surface area contributed by atoms with Crippen LogP contribution in [0, 0.1) is 0 Å². The number of primary amides is 1. The highest BCUT2D eigenvalue weighted by molar-refractivity contribution is 7.17. The molecule has 0 saturated carbocycles. The molecule has 1 atom stereocenters. The number of quaternary nitrogens is 1. The maximum Gasteiger partial charge on any atom is 0.252 e. The van der Waals surface area contributed by atoms with Gasteiger partial charge in [0.1, 0.15) is 11.5 Å². The summed E-state index contributed by atoms with van der Waals surface area (Å²) < 4.78 is 0. The first-order valence-corrected chi connectivity index (χ1v) is 7.84. The maximum absolute atomic E-state index is 11.7. The van der Waals surface area contributed by atoms with Gasteiger partial charge in [-0.25, -0.2) is 0 Å². The summed E-state index contributed by atoms with van der Waals surface area (Å²) in [5.41, 5.74) is 7.07. The van der Waals surface area contributed by atoms with E-state index in [-0.39, 0.29) is 5.91 Å². The van der Waals surface area contributed by atoms with Crippen LogP contribution in [0.15, 0.2) is 0 Å². The number of fused-ring (bicyclic) bond motifs is 1. The molecule has 1 aliphatic rings. The molecule has 6 heteroatoms. The number of nitrogens with one attached hydrogen (secondary N) is 2. The second-order valence-electron chi connectivity index (χ2n) is 5.46. The summed E-state index contributed by atoms with van der Waals surface area (Å²) in [4.78, 5) is 26.0. The van der Waals surface area contributed by atoms with E-state index in [2.05, 4.69) is 19.2 Å². The normalized spacial score (nSPS) is 17.9. The summed E-state index contributed by atoms with van der Waals surface area (Å²) in [5, 5.41) is 3.44. The summed E-state index contributed by atoms with van der Waals surface area (Å²) >= 11 is 1.50. The SMILES string of the molecule is CCC(=O)Nc1sc2c(c1C(N)=O)CC[NH+](C(C)C)C2. The number of nitrogens with two attached hydrogens (primary N) is 1. The number of rotatable bonds is 4. The second-order valence-corrected chi connectivity index (χ2v) is 6.57. The average molecular weight is 296 g/mol. The van der Waals surface area contributed by atoms with Crippen LogP contribution >= 0.6 is 11.3 Å². The fraction of sp³-hybridized carbons (Fsp3) is 0.571. The van der Waals surface area contributed by atoms with Gasteiger partial charge in [0.05, 0.1) is 23.0 Å². The van der Waals surface area contributed by atoms with E-state index in [9.17, 15) is 9.59 Å². The van der Waals surface area contributed by atoms with Gasteiger partial charge >= 0.3 is 0 Å². The monoisotopic (exact) mass is 296 g/mol. The van der Waals surface area contributed by atoms with Gasteiger partial charge in [0.25, 0.3) is 5.91 Å². The molecule has 110 valence electrons. The Kier molecular flexibility index (Phi) is 4.45. The van der Waals surface area contributed by atoms with Crippen LogP contribution in [0.2, 0.25) is 0 Å². The van der Waals surface area contributed by atoms with Gasteiger partial charge in [-0.15, -0.1) is 11.3 Å². The lowest BCUT2D eigenvalue weighted by Crippen LogP contribution is -3.14. The number of amides is 2. The fourth-order valence-corrected chi connectivity index (χ4v) is 3.88. The Morgan fingerprint density at radius 3 is 2.70 bits per heavy atom. The maximum atomic E-state index is 11.7. The molecule has 1 aromatic heterocycles. The molecular formula is C14H22N3O2S+. The van der Waals surface area contributed by atoms with Gasteiger partial charge in [0.15, 0.2) is 0 Å². The zero-order chi connectivity index (χ0) is 14.9. The largest absolute Gasteiger partial charge is 0.365 e. The molecule has 0 spiro atoms. The van der Waals surface area contributed by atoms with E-state index in [0.29, 0.717) is 23.0 Å². The molecule has 1 aliphatic heterocycles. The third-order valence-corrected chi connectivity index (χ3v) is 4.96. The molecule has 4 N–H and O–H groups in total. The van der Waals surface area contributed by atoms with Crippen molar-refractivity contribution in [2.24, 2.45) is 5.73 Å². The molecular weight excluding hydrogens is 274 g/mol. The van der Waals surface area contributed by atoms with Crippen LogP contribution in [0.25, 0.3) is 0 Å². The molecule has 0 aliphatic carbocycles. The Morgan fingerprint density at radius 1 is 1.45 bits per heavy atom. The summed E-state index contributed by atoms with van der Waals surface area (Å²) in [5.74, 6) is -0.527. The highest BCUT2D eigenvalue weighted by Crippen LogP contribution is 2.34. The molecule has 2 amide bonds. The molecule has 0 radical (unpaired) electrons. The van der Waals surface area contributed by atoms with E-state index in [1.807, 2.05) is 0 Å². The van der Waals surface area contributed by atoms with Crippen LogP contribution in [0.5, 0.6) is 0 Å². The third kappa shape index (κ3) is 2.86. The Bertz CT molecular complexity index is 537. The molecule has 0 fully saturated rings. The fourth-order valence-electron chi connectivity index (χ4n) is 2.56. The zero-order valence-corrected chi connectivity index (χ0v) is 13.0. The molecule has 1 unspecified atom stereocenters. The van der Waals surface area contributed by atoms with Crippen molar-refractivity contribution in [3.8, 4) is 0 Å². The van der Waals surface area contributed by atoms with Crippen molar-refractivity contribution in [1.82, 2.24) is 0 Å². The summed E-state index contributed by atoms with van der Waals surface area (Å²) in [6.07, 6.45) is 1.24. The van der Waals surface area contributed by atoms with Crippen LogP contribution in [-0.4, -0.2) is 24.4 Å². The summed E-state index contributed by atoms with van der Waals surface area (Å²) in [6.45, 7) is 8.09. The van der Waals surface area contributed by atoms with Crippen molar-refractivity contribution in [3.63, 3.8) is 0 Å². The van der Waals surface area contributed by atoms with Crippen LogP contribution in [0.1, 0.15) is 48.0 Å². The highest BCUT2D eigenvalue weighted by atomic mass is 32.1. The van der Waals surface area contributed by atoms with Crippen molar-refractivity contribution in [3.05, 3.63) is 16.0 Å². The van der Waals surface area contributed by atoms with Crippen molar-refractivity contribution in [2.45, 2.75) is 46.2 Å². The first-order chi connectivity index (χ1) is 9.43. The summed E-state index contributed by atoms with van der Waals surface area (Å²) in [7, 11) is 0. The standard InChI is InChI=1S/C14H21N3O2S/c1-4-11(18)16-14-12(13(15)19)9-5-6-17(8(2)3)7-10(9)20-14/h8H,4-7H2,1-3H3,(H2,15,19)(H,16,18)/p+1. The Balaban J connectivity index is 2.35. The van der Waals surface area contributed by atoms with Gasteiger partial charge < -0.3 is 16.0 Å². The van der Waals surface area contributed by atoms with E-state index in [4.69, 9.17) is 5.73 Å². The summed E-state index contributed by atoms with van der Waals surface area (Å²) in [6, 6.07) is 0.552. The molecule has 0 aromatic carbocycles. The van der Waals surface area contributed by atoms with E-state index in [0.717, 1.165) is 25.1 Å². The van der Waals surface area contributed by atoms with Crippen LogP contribution in [0.3, 0.4) is 0 Å². The lowest BCUT2D eigenvalue weighted by Gasteiger charge is -2.27. The van der Waals surface area contributed by atoms with Crippen molar-refractivity contribution >= 4 is 28.2 Å². The molecule has 0 bridgehead atoms. The topological polar surface area (TPSA) is 76.6 Å². The van der Waals surface area contributed by atoms with Gasteiger partial charge in [-0.3, -0.25) is 9.59 Å². The molecule has 20 heavy (non-hydrogen) atoms. The number of hydrogen-bond donors (Lipinski definition) is 3. The molecule has 1 aromatic rings. The van der Waals surface area contributed by atoms with Crippen LogP contribution < -0.4 is 16.0 Å². The number of carbonyl (C=O) groups is 2. The Labute approximate surface area is 123 Å². The minimum Gasteiger partial charge on any atom is -0.365 e. The van der Waals surface area contributed by atoms with Gasteiger partial charge in [0.2, 0.25) is 5.91 Å². The first kappa shape index (κ1) is 15.0. The van der Waals surface area contributed by atoms with Crippen molar-refractivity contribution in [1.29, 1.82) is 0 Å². The van der Waals surface area contributed by atoms with Crippen molar-refractivity contribution < 1.29 is 14.5 Å². The third-order valence-electron chi connectivity index (χ3n) is 3.81. The van der Waals surface area contributed by atoms with Gasteiger partial charge in [-0.1, -0.05) is 6.92 Å². The smallest absolute Gasteiger partial charge is 0.252 e. The van der Waals surface area contributed by atoms with E-state index >= 15 is 0 Å². The van der Waals surface area contributed by atoms with E-state index in [1.165, 1.54) is 21.1 Å². The molecule has 0 saturated heterocycles. The van der Waals surface area contributed by atoms with Crippen molar-refractivity contribution in [2.75, 3.05) is 11.9 Å². The second kappa shape index (κ2) is 5.93. The van der Waals surface area contributed by atoms with Gasteiger partial charge in [-0.2, -0.15) is 0 Å². The highest BCUT2D eigenvalue weighted by Gasteiger charge is 2.30. The first-order valence-electron chi connectivity index (χ1n) is 7.02. The molecule has 2 heterocycles. The number of anilines is 1. The lowest BCUT2D eigenvalue weighted by atomic mass is 10.0. The van der Waals surface area contributed by atoms with Gasteiger partial charge in [-0.05, 0) is 19.4 Å². The quantitative estimate of drug-likeness (QED) is 0.758. The lowest BCUT2D eigenvalue weighted by molar-refractivity contribution is -0.936. The number of thiophene rings is 1. The Morgan fingerprint density at radius 2 is 2.15 bits per heavy atom.